The van der Waals surface area contributed by atoms with Gasteiger partial charge in [0.25, 0.3) is 5.91 Å². The van der Waals surface area contributed by atoms with Crippen molar-refractivity contribution in [2.75, 3.05) is 16.8 Å². The van der Waals surface area contributed by atoms with Gasteiger partial charge in [0.05, 0.1) is 12.1 Å². The maximum atomic E-state index is 13.3. The van der Waals surface area contributed by atoms with Gasteiger partial charge in [-0.15, -0.1) is 11.3 Å². The number of carbonyl (C=O) groups is 3. The van der Waals surface area contributed by atoms with Crippen LogP contribution in [-0.4, -0.2) is 35.3 Å². The molecule has 1 fully saturated rings. The van der Waals surface area contributed by atoms with Gasteiger partial charge < -0.3 is 10.2 Å². The van der Waals surface area contributed by atoms with Crippen LogP contribution in [-0.2, 0) is 16.0 Å². The van der Waals surface area contributed by atoms with Crippen LogP contribution in [0.25, 0.3) is 0 Å². The van der Waals surface area contributed by atoms with Gasteiger partial charge in [0.2, 0.25) is 5.91 Å². The molecule has 2 heterocycles. The zero-order valence-corrected chi connectivity index (χ0v) is 19.2. The van der Waals surface area contributed by atoms with Crippen LogP contribution < -0.4 is 10.2 Å². The Morgan fingerprint density at radius 3 is 2.47 bits per heavy atom. The molecule has 32 heavy (non-hydrogen) atoms. The molecule has 4 rings (SSSR count). The first kappa shape index (κ1) is 22.3. The second-order valence-corrected chi connectivity index (χ2v) is 9.14. The van der Waals surface area contributed by atoms with Gasteiger partial charge in [-0.3, -0.25) is 9.59 Å². The van der Waals surface area contributed by atoms with Crippen molar-refractivity contribution in [3.8, 4) is 0 Å². The molecule has 0 aliphatic carbocycles. The summed E-state index contributed by atoms with van der Waals surface area (Å²) in [6.07, 6.45) is 0.435. The summed E-state index contributed by atoms with van der Waals surface area (Å²) >= 11 is 13.5. The van der Waals surface area contributed by atoms with Crippen LogP contribution in [0.5, 0.6) is 0 Å². The first-order valence-electron chi connectivity index (χ1n) is 9.90. The molecule has 0 unspecified atom stereocenters. The fourth-order valence-electron chi connectivity index (χ4n) is 3.55. The topological polar surface area (TPSA) is 69.7 Å². The Bertz CT molecular complexity index is 1140. The molecule has 164 valence electrons. The lowest BCUT2D eigenvalue weighted by molar-refractivity contribution is -0.124. The predicted octanol–water partition coefficient (Wildman–Crippen LogP) is 5.46. The number of nitrogens with zero attached hydrogens (tertiary/aromatic N) is 2. The molecule has 2 aromatic carbocycles. The number of thiophene rings is 1. The lowest BCUT2D eigenvalue weighted by Crippen LogP contribution is -2.39. The molecule has 1 aromatic heterocycles. The molecule has 1 aliphatic rings. The smallest absolute Gasteiger partial charge is 0.326 e. The van der Waals surface area contributed by atoms with E-state index in [9.17, 15) is 14.4 Å². The average Bonchev–Trinajstić information content (AvgIpc) is 3.35. The summed E-state index contributed by atoms with van der Waals surface area (Å²) in [5.41, 5.74) is 0.947. The number of nitrogens with one attached hydrogen (secondary N) is 1. The van der Waals surface area contributed by atoms with Gasteiger partial charge >= 0.3 is 6.03 Å². The summed E-state index contributed by atoms with van der Waals surface area (Å²) in [6.45, 7) is 0.320. The molecule has 9 heteroatoms. The second kappa shape index (κ2) is 9.73. The number of hydrogen-bond donors (Lipinski definition) is 1. The van der Waals surface area contributed by atoms with Gasteiger partial charge in [-0.2, -0.15) is 0 Å². The molecule has 0 spiro atoms. The van der Waals surface area contributed by atoms with E-state index in [1.807, 2.05) is 17.5 Å². The van der Waals surface area contributed by atoms with Gasteiger partial charge in [-0.1, -0.05) is 35.3 Å². The van der Waals surface area contributed by atoms with Crippen molar-refractivity contribution in [2.24, 2.45) is 0 Å². The van der Waals surface area contributed by atoms with E-state index in [4.69, 9.17) is 23.2 Å². The zero-order chi connectivity index (χ0) is 22.7. The first-order chi connectivity index (χ1) is 15.4. The van der Waals surface area contributed by atoms with Crippen molar-refractivity contribution in [2.45, 2.75) is 18.9 Å². The van der Waals surface area contributed by atoms with Gasteiger partial charge in [0.1, 0.15) is 6.04 Å². The monoisotopic (exact) mass is 487 g/mol. The molecular formula is C23H19Cl2N3O3S. The Morgan fingerprint density at radius 1 is 1.00 bits per heavy atom. The van der Waals surface area contributed by atoms with Crippen LogP contribution in [0.4, 0.5) is 16.2 Å². The first-order valence-corrected chi connectivity index (χ1v) is 11.5. The van der Waals surface area contributed by atoms with Crippen molar-refractivity contribution in [3.63, 3.8) is 0 Å². The number of carbonyl (C=O) groups excluding carboxylic acids is 3. The maximum Gasteiger partial charge on any atom is 0.332 e. The van der Waals surface area contributed by atoms with Crippen LogP contribution in [0.1, 0.15) is 11.3 Å². The Hall–Kier alpha value is -2.87. The quantitative estimate of drug-likeness (QED) is 0.449. The third-order valence-electron chi connectivity index (χ3n) is 5.07. The molecular weight excluding hydrogens is 469 g/mol. The minimum atomic E-state index is -0.909. The van der Waals surface area contributed by atoms with E-state index < -0.39 is 18.0 Å². The van der Waals surface area contributed by atoms with Crippen molar-refractivity contribution in [1.29, 1.82) is 0 Å². The summed E-state index contributed by atoms with van der Waals surface area (Å²) in [4.78, 5) is 42.8. The lowest BCUT2D eigenvalue weighted by atomic mass is 10.1. The third kappa shape index (κ3) is 4.96. The Morgan fingerprint density at radius 2 is 1.78 bits per heavy atom. The van der Waals surface area contributed by atoms with Gasteiger partial charge in [-0.25, -0.2) is 9.69 Å². The highest BCUT2D eigenvalue weighted by atomic mass is 35.5. The van der Waals surface area contributed by atoms with Crippen molar-refractivity contribution < 1.29 is 14.4 Å². The molecule has 4 amide bonds. The van der Waals surface area contributed by atoms with Gasteiger partial charge in [0, 0.05) is 27.2 Å². The number of urea groups is 1. The third-order valence-corrected chi connectivity index (χ3v) is 6.49. The summed E-state index contributed by atoms with van der Waals surface area (Å²) in [5, 5.41) is 5.69. The van der Waals surface area contributed by atoms with E-state index in [0.717, 1.165) is 9.78 Å². The zero-order valence-electron chi connectivity index (χ0n) is 16.8. The highest BCUT2D eigenvalue weighted by Gasteiger charge is 2.46. The van der Waals surface area contributed by atoms with E-state index >= 15 is 0 Å². The van der Waals surface area contributed by atoms with Gasteiger partial charge in [0.15, 0.2) is 0 Å². The Balaban J connectivity index is 1.55. The molecule has 1 saturated heterocycles. The maximum absolute atomic E-state index is 13.3. The van der Waals surface area contributed by atoms with Gasteiger partial charge in [-0.05, 0) is 60.3 Å². The van der Waals surface area contributed by atoms with Crippen LogP contribution >= 0.6 is 34.5 Å². The van der Waals surface area contributed by atoms with E-state index in [1.54, 1.807) is 59.9 Å². The largest absolute Gasteiger partial charge is 0.332 e. The predicted molar refractivity (Wildman–Crippen MR) is 128 cm³/mol. The number of anilines is 2. The SMILES string of the molecule is O=C(C[C@@H]1C(=O)N(c2cccc(Cl)c2)C(=O)N1CCc1cccs1)Nc1ccc(Cl)cc1. The highest BCUT2D eigenvalue weighted by Crippen LogP contribution is 2.29. The van der Waals surface area contributed by atoms with Crippen molar-refractivity contribution in [1.82, 2.24) is 4.90 Å². The number of rotatable bonds is 7. The second-order valence-electron chi connectivity index (χ2n) is 7.23. The fraction of sp³-hybridized carbons (Fsp3) is 0.174. The molecule has 1 aliphatic heterocycles. The van der Waals surface area contributed by atoms with Crippen molar-refractivity contribution in [3.05, 3.63) is 81.0 Å². The minimum Gasteiger partial charge on any atom is -0.326 e. The minimum absolute atomic E-state index is 0.158. The molecule has 1 atom stereocenters. The Kier molecular flexibility index (Phi) is 6.79. The Labute approximate surface area is 199 Å². The molecule has 6 nitrogen and oxygen atoms in total. The lowest BCUT2D eigenvalue weighted by Gasteiger charge is -2.21. The average molecular weight is 488 g/mol. The van der Waals surface area contributed by atoms with Crippen LogP contribution in [0.2, 0.25) is 10.0 Å². The summed E-state index contributed by atoms with van der Waals surface area (Å²) in [7, 11) is 0. The number of imide groups is 1. The van der Waals surface area contributed by atoms with Crippen LogP contribution in [0.15, 0.2) is 66.0 Å². The number of halogens is 2. The number of hydrogen-bond acceptors (Lipinski definition) is 4. The molecule has 0 bridgehead atoms. The molecule has 3 aromatic rings. The summed E-state index contributed by atoms with van der Waals surface area (Å²) in [5.74, 6) is -0.817. The van der Waals surface area contributed by atoms with E-state index in [1.165, 1.54) is 4.90 Å². The van der Waals surface area contributed by atoms with E-state index in [2.05, 4.69) is 5.32 Å². The normalized spacial score (nSPS) is 16.0. The summed E-state index contributed by atoms with van der Waals surface area (Å²) < 4.78 is 0. The van der Waals surface area contributed by atoms with E-state index in [-0.39, 0.29) is 12.3 Å². The number of amides is 4. The number of benzene rings is 2. The summed E-state index contributed by atoms with van der Waals surface area (Å²) in [6, 6.07) is 15.8. The highest BCUT2D eigenvalue weighted by molar-refractivity contribution is 7.09. The van der Waals surface area contributed by atoms with E-state index in [0.29, 0.717) is 34.4 Å². The van der Waals surface area contributed by atoms with Crippen LogP contribution in [0.3, 0.4) is 0 Å². The van der Waals surface area contributed by atoms with Crippen molar-refractivity contribution >= 4 is 63.8 Å². The standard InChI is InChI=1S/C23H19Cl2N3O3S/c24-15-6-8-17(9-7-15)26-21(29)14-20-22(30)28(18-4-1-3-16(25)13-18)23(31)27(20)11-10-19-5-2-12-32-19/h1-9,12-13,20H,10-11,14H2,(H,26,29)/t20-/m1/s1. The molecule has 0 radical (unpaired) electrons. The molecule has 0 saturated carbocycles. The fourth-order valence-corrected chi connectivity index (χ4v) is 4.56. The van der Waals surface area contributed by atoms with Crippen LogP contribution in [0, 0.1) is 0 Å². The molecule has 1 N–H and O–H groups in total.